The molecular weight excluding hydrogens is 272 g/mol. The van der Waals surface area contributed by atoms with Crippen LogP contribution in [0.4, 0.5) is 0 Å². The third-order valence-electron chi connectivity index (χ3n) is 4.29. The summed E-state index contributed by atoms with van der Waals surface area (Å²) in [5.74, 6) is 0.273. The monoisotopic (exact) mass is 294 g/mol. The lowest BCUT2D eigenvalue weighted by molar-refractivity contribution is -0.135. The second kappa shape index (κ2) is 6.24. The van der Waals surface area contributed by atoms with Gasteiger partial charge in [-0.2, -0.15) is 0 Å². The summed E-state index contributed by atoms with van der Waals surface area (Å²) in [7, 11) is 0. The van der Waals surface area contributed by atoms with E-state index in [1.165, 1.54) is 4.88 Å². The van der Waals surface area contributed by atoms with Crippen molar-refractivity contribution in [1.82, 2.24) is 9.80 Å². The van der Waals surface area contributed by atoms with Crippen LogP contribution in [0.3, 0.4) is 0 Å². The summed E-state index contributed by atoms with van der Waals surface area (Å²) in [6, 6.07) is 4.87. The maximum Gasteiger partial charge on any atom is 0.237 e. The van der Waals surface area contributed by atoms with E-state index in [0.29, 0.717) is 18.6 Å². The number of morpholine rings is 1. The number of carbonyl (C=O) groups excluding carboxylic acids is 1. The smallest absolute Gasteiger partial charge is 0.237 e. The van der Waals surface area contributed by atoms with Crippen molar-refractivity contribution in [3.05, 3.63) is 22.4 Å². The molecule has 4 nitrogen and oxygen atoms in total. The second-order valence-corrected chi connectivity index (χ2v) is 6.63. The molecule has 0 spiro atoms. The number of amides is 1. The van der Waals surface area contributed by atoms with Crippen molar-refractivity contribution in [2.24, 2.45) is 0 Å². The van der Waals surface area contributed by atoms with E-state index in [2.05, 4.69) is 34.2 Å². The zero-order valence-corrected chi connectivity index (χ0v) is 12.8. The summed E-state index contributed by atoms with van der Waals surface area (Å²) in [6.45, 7) is 5.91. The molecule has 3 rings (SSSR count). The van der Waals surface area contributed by atoms with Crippen molar-refractivity contribution in [1.29, 1.82) is 0 Å². The lowest BCUT2D eigenvalue weighted by Crippen LogP contribution is -2.49. The van der Waals surface area contributed by atoms with E-state index >= 15 is 0 Å². The van der Waals surface area contributed by atoms with Crippen molar-refractivity contribution >= 4 is 17.2 Å². The maximum atomic E-state index is 12.6. The van der Waals surface area contributed by atoms with Gasteiger partial charge in [-0.15, -0.1) is 11.3 Å². The topological polar surface area (TPSA) is 32.8 Å². The summed E-state index contributed by atoms with van der Waals surface area (Å²) in [5.41, 5.74) is 0. The average molecular weight is 294 g/mol. The quantitative estimate of drug-likeness (QED) is 0.856. The number of thiophene rings is 1. The van der Waals surface area contributed by atoms with Crippen molar-refractivity contribution in [3.63, 3.8) is 0 Å². The van der Waals surface area contributed by atoms with E-state index < -0.39 is 0 Å². The summed E-state index contributed by atoms with van der Waals surface area (Å²) in [5, 5.41) is 2.10. The number of carbonyl (C=O) groups is 1. The average Bonchev–Trinajstić information content (AvgIpc) is 3.11. The molecule has 0 saturated carbocycles. The molecule has 0 aliphatic carbocycles. The Hall–Kier alpha value is -0.910. The van der Waals surface area contributed by atoms with E-state index in [-0.39, 0.29) is 5.91 Å². The van der Waals surface area contributed by atoms with Gasteiger partial charge in [-0.05, 0) is 31.2 Å². The van der Waals surface area contributed by atoms with Gasteiger partial charge in [0.15, 0.2) is 0 Å². The van der Waals surface area contributed by atoms with Crippen LogP contribution in [0.5, 0.6) is 0 Å². The molecule has 0 bridgehead atoms. The molecule has 2 saturated heterocycles. The Morgan fingerprint density at radius 2 is 2.40 bits per heavy atom. The van der Waals surface area contributed by atoms with Crippen molar-refractivity contribution in [3.8, 4) is 0 Å². The number of hydrogen-bond acceptors (Lipinski definition) is 4. The van der Waals surface area contributed by atoms with Crippen LogP contribution in [0, 0.1) is 0 Å². The summed E-state index contributed by atoms with van der Waals surface area (Å²) >= 11 is 1.76. The van der Waals surface area contributed by atoms with Crippen molar-refractivity contribution in [2.75, 3.05) is 32.8 Å². The van der Waals surface area contributed by atoms with Gasteiger partial charge in [0.25, 0.3) is 0 Å². The predicted octanol–water partition coefficient (Wildman–Crippen LogP) is 2.13. The van der Waals surface area contributed by atoms with E-state index in [1.807, 2.05) is 0 Å². The molecule has 2 atom stereocenters. The molecule has 2 aliphatic heterocycles. The SMILES string of the molecule is C[C@H]1COCCN1CC(=O)N1CCC[C@@H]1c1cccs1. The Balaban J connectivity index is 1.64. The van der Waals surface area contributed by atoms with Gasteiger partial charge in [0, 0.05) is 24.0 Å². The molecule has 0 unspecified atom stereocenters. The van der Waals surface area contributed by atoms with Crippen LogP contribution in [0.1, 0.15) is 30.7 Å². The predicted molar refractivity (Wildman–Crippen MR) is 79.9 cm³/mol. The fraction of sp³-hybridized carbons (Fsp3) is 0.667. The minimum Gasteiger partial charge on any atom is -0.379 e. The van der Waals surface area contributed by atoms with Crippen LogP contribution in [0.25, 0.3) is 0 Å². The number of ether oxygens (including phenoxy) is 1. The zero-order valence-electron chi connectivity index (χ0n) is 12.0. The number of likely N-dealkylation sites (tertiary alicyclic amines) is 1. The molecule has 0 aromatic carbocycles. The number of nitrogens with zero attached hydrogens (tertiary/aromatic N) is 2. The van der Waals surface area contributed by atoms with Crippen LogP contribution in [0.15, 0.2) is 17.5 Å². The molecule has 0 radical (unpaired) electrons. The van der Waals surface area contributed by atoms with Crippen molar-refractivity contribution < 1.29 is 9.53 Å². The van der Waals surface area contributed by atoms with Gasteiger partial charge in [-0.1, -0.05) is 6.07 Å². The van der Waals surface area contributed by atoms with Crippen LogP contribution in [-0.2, 0) is 9.53 Å². The summed E-state index contributed by atoms with van der Waals surface area (Å²) in [6.07, 6.45) is 2.22. The van der Waals surface area contributed by atoms with E-state index in [4.69, 9.17) is 4.74 Å². The Morgan fingerprint density at radius 1 is 1.50 bits per heavy atom. The Morgan fingerprint density at radius 3 is 3.15 bits per heavy atom. The van der Waals surface area contributed by atoms with Gasteiger partial charge in [0.05, 0.1) is 25.8 Å². The van der Waals surface area contributed by atoms with E-state index in [1.54, 1.807) is 11.3 Å². The summed E-state index contributed by atoms with van der Waals surface area (Å²) < 4.78 is 5.43. The first-order valence-electron chi connectivity index (χ1n) is 7.40. The number of rotatable bonds is 3. The molecule has 110 valence electrons. The van der Waals surface area contributed by atoms with E-state index in [0.717, 1.165) is 39.1 Å². The first-order valence-corrected chi connectivity index (χ1v) is 8.28. The van der Waals surface area contributed by atoms with Gasteiger partial charge in [0.2, 0.25) is 5.91 Å². The van der Waals surface area contributed by atoms with Crippen LogP contribution < -0.4 is 0 Å². The first kappa shape index (κ1) is 14.0. The first-order chi connectivity index (χ1) is 9.75. The van der Waals surface area contributed by atoms with Gasteiger partial charge in [-0.25, -0.2) is 0 Å². The van der Waals surface area contributed by atoms with Gasteiger partial charge < -0.3 is 9.64 Å². The molecule has 2 fully saturated rings. The van der Waals surface area contributed by atoms with Crippen molar-refractivity contribution in [2.45, 2.75) is 31.8 Å². The standard InChI is InChI=1S/C15H22N2O2S/c1-12-11-19-8-7-16(12)10-15(18)17-6-2-4-13(17)14-5-3-9-20-14/h3,5,9,12-13H,2,4,6-8,10-11H2,1H3/t12-,13+/m0/s1. The minimum absolute atomic E-state index is 0.273. The van der Waals surface area contributed by atoms with E-state index in [9.17, 15) is 4.79 Å². The molecule has 2 aliphatic rings. The Kier molecular flexibility index (Phi) is 4.38. The lowest BCUT2D eigenvalue weighted by Gasteiger charge is -2.34. The molecule has 5 heteroatoms. The van der Waals surface area contributed by atoms with Gasteiger partial charge >= 0.3 is 0 Å². The minimum atomic E-state index is 0.273. The third kappa shape index (κ3) is 2.90. The Labute approximate surface area is 124 Å². The molecule has 1 aromatic rings. The molecule has 0 N–H and O–H groups in total. The maximum absolute atomic E-state index is 12.6. The molecular formula is C15H22N2O2S. The normalized spacial score (nSPS) is 27.9. The molecule has 1 amide bonds. The molecule has 3 heterocycles. The fourth-order valence-electron chi connectivity index (χ4n) is 3.10. The lowest BCUT2D eigenvalue weighted by atomic mass is 10.2. The molecule has 1 aromatic heterocycles. The largest absolute Gasteiger partial charge is 0.379 e. The Bertz CT molecular complexity index is 449. The van der Waals surface area contributed by atoms with Gasteiger partial charge in [0.1, 0.15) is 0 Å². The third-order valence-corrected chi connectivity index (χ3v) is 5.26. The zero-order chi connectivity index (χ0) is 13.9. The summed E-state index contributed by atoms with van der Waals surface area (Å²) in [4.78, 5) is 18.3. The fourth-order valence-corrected chi connectivity index (χ4v) is 3.98. The highest BCUT2D eigenvalue weighted by atomic mass is 32.1. The van der Waals surface area contributed by atoms with Crippen LogP contribution in [0.2, 0.25) is 0 Å². The second-order valence-electron chi connectivity index (χ2n) is 5.65. The van der Waals surface area contributed by atoms with Gasteiger partial charge in [-0.3, -0.25) is 9.69 Å². The number of hydrogen-bond donors (Lipinski definition) is 0. The highest BCUT2D eigenvalue weighted by molar-refractivity contribution is 7.10. The molecule has 20 heavy (non-hydrogen) atoms. The highest BCUT2D eigenvalue weighted by Crippen LogP contribution is 2.34. The van der Waals surface area contributed by atoms with Crippen LogP contribution >= 0.6 is 11.3 Å². The highest BCUT2D eigenvalue weighted by Gasteiger charge is 2.32. The van der Waals surface area contributed by atoms with Crippen LogP contribution in [-0.4, -0.2) is 54.6 Å².